The van der Waals surface area contributed by atoms with E-state index >= 15 is 0 Å². The maximum absolute atomic E-state index is 13.7. The van der Waals surface area contributed by atoms with E-state index in [-0.39, 0.29) is 10.8 Å². The summed E-state index contributed by atoms with van der Waals surface area (Å²) >= 11 is 7.09. The van der Waals surface area contributed by atoms with Gasteiger partial charge in [-0.1, -0.05) is 28.9 Å². The molecule has 2 N–H and O–H groups in total. The van der Waals surface area contributed by atoms with Crippen molar-refractivity contribution in [2.24, 2.45) is 0 Å². The molecule has 0 aliphatic heterocycles. The summed E-state index contributed by atoms with van der Waals surface area (Å²) in [5, 5.41) is 8.40. The van der Waals surface area contributed by atoms with Crippen molar-refractivity contribution in [3.05, 3.63) is 75.3 Å². The Morgan fingerprint density at radius 2 is 2.03 bits per heavy atom. The van der Waals surface area contributed by atoms with Gasteiger partial charge in [-0.25, -0.2) is 9.18 Å². The number of anilines is 1. The van der Waals surface area contributed by atoms with Gasteiger partial charge in [0.05, 0.1) is 9.90 Å². The highest BCUT2D eigenvalue weighted by Gasteiger charge is 2.30. The van der Waals surface area contributed by atoms with Crippen molar-refractivity contribution in [2.75, 3.05) is 5.32 Å². The van der Waals surface area contributed by atoms with E-state index in [2.05, 4.69) is 20.0 Å². The van der Waals surface area contributed by atoms with E-state index in [4.69, 9.17) is 16.3 Å². The molecule has 0 unspecified atom stereocenters. The number of aromatic amines is 1. The number of halogens is 2. The molecule has 0 atom stereocenters. The summed E-state index contributed by atoms with van der Waals surface area (Å²) in [5.74, 6) is -1.11. The topological polar surface area (TPSA) is 97.2 Å². The molecule has 0 aliphatic rings. The molecule has 0 fully saturated rings. The lowest BCUT2D eigenvalue weighted by Gasteiger charge is -2.25. The molecule has 0 bridgehead atoms. The van der Waals surface area contributed by atoms with Crippen molar-refractivity contribution in [1.82, 2.24) is 10.1 Å². The van der Waals surface area contributed by atoms with Crippen molar-refractivity contribution in [3.63, 3.8) is 0 Å². The molecule has 0 saturated carbocycles. The third kappa shape index (κ3) is 4.74. The van der Waals surface area contributed by atoms with E-state index in [0.717, 1.165) is 22.1 Å². The fourth-order valence-corrected chi connectivity index (χ4v) is 3.86. The number of carbonyl (C=O) groups excluding carboxylic acids is 1. The molecule has 2 heterocycles. The highest BCUT2D eigenvalue weighted by atomic mass is 35.5. The van der Waals surface area contributed by atoms with Crippen molar-refractivity contribution in [3.8, 4) is 27.6 Å². The quantitative estimate of drug-likeness (QED) is 0.393. The number of ether oxygens (including phenoxy) is 1. The second-order valence-electron chi connectivity index (χ2n) is 7.37. The van der Waals surface area contributed by atoms with Crippen molar-refractivity contribution >= 4 is 34.5 Å². The van der Waals surface area contributed by atoms with Crippen LogP contribution < -0.4 is 15.8 Å². The van der Waals surface area contributed by atoms with Crippen LogP contribution in [0.25, 0.3) is 21.8 Å². The van der Waals surface area contributed by atoms with Gasteiger partial charge in [-0.2, -0.15) is 0 Å². The van der Waals surface area contributed by atoms with Gasteiger partial charge in [0.2, 0.25) is 0 Å². The molecule has 7 nitrogen and oxygen atoms in total. The fraction of sp³-hybridized carbons (Fsp3) is 0.136. The van der Waals surface area contributed by atoms with Crippen LogP contribution in [-0.2, 0) is 4.79 Å². The number of carbonyl (C=O) groups is 1. The van der Waals surface area contributed by atoms with Crippen LogP contribution in [0.5, 0.6) is 5.75 Å². The average Bonchev–Trinajstić information content (AvgIpc) is 3.40. The highest BCUT2D eigenvalue weighted by molar-refractivity contribution is 7.13. The second kappa shape index (κ2) is 8.60. The molecule has 32 heavy (non-hydrogen) atoms. The first-order valence-electron chi connectivity index (χ1n) is 9.42. The molecule has 0 spiro atoms. The summed E-state index contributed by atoms with van der Waals surface area (Å²) < 4.78 is 23.9. The number of hydrogen-bond acceptors (Lipinski definition) is 6. The molecule has 10 heteroatoms. The fourth-order valence-electron chi connectivity index (χ4n) is 2.89. The van der Waals surface area contributed by atoms with Crippen LogP contribution in [0.1, 0.15) is 13.8 Å². The van der Waals surface area contributed by atoms with Crippen LogP contribution in [-0.4, -0.2) is 21.6 Å². The minimum atomic E-state index is -1.27. The van der Waals surface area contributed by atoms with Gasteiger partial charge in [0, 0.05) is 11.8 Å². The standard InChI is InChI=1S/C22H17ClFN3O4S/c1-22(2,30-15-6-7-16(23)17(24)10-15)20(28)25-14-5-3-4-12(8-14)13-9-18(32-11-13)19-26-21(29)31-27-19/h3-11H,1-2H3,(H,25,28)(H,26,27,29). The molecule has 0 radical (unpaired) electrons. The minimum absolute atomic E-state index is 0.0251. The minimum Gasteiger partial charge on any atom is -0.478 e. The molecule has 0 saturated heterocycles. The van der Waals surface area contributed by atoms with Gasteiger partial charge in [-0.15, -0.1) is 11.3 Å². The van der Waals surface area contributed by atoms with Gasteiger partial charge < -0.3 is 10.1 Å². The molecular weight excluding hydrogens is 457 g/mol. The number of hydrogen-bond donors (Lipinski definition) is 2. The Morgan fingerprint density at radius 1 is 1.22 bits per heavy atom. The van der Waals surface area contributed by atoms with E-state index < -0.39 is 23.1 Å². The number of aromatic nitrogens is 2. The molecule has 0 aliphatic carbocycles. The zero-order chi connectivity index (χ0) is 22.9. The molecule has 4 aromatic rings. The van der Waals surface area contributed by atoms with Crippen LogP contribution in [0, 0.1) is 5.82 Å². The van der Waals surface area contributed by atoms with E-state index in [1.54, 1.807) is 19.9 Å². The van der Waals surface area contributed by atoms with E-state index in [0.29, 0.717) is 11.5 Å². The molecule has 164 valence electrons. The summed E-state index contributed by atoms with van der Waals surface area (Å²) in [4.78, 5) is 27.2. The number of H-pyrrole nitrogens is 1. The Hall–Kier alpha value is -3.43. The maximum Gasteiger partial charge on any atom is 0.439 e. The Morgan fingerprint density at radius 3 is 2.75 bits per heavy atom. The Balaban J connectivity index is 1.49. The first-order chi connectivity index (χ1) is 15.2. The van der Waals surface area contributed by atoms with Gasteiger partial charge >= 0.3 is 5.76 Å². The number of amides is 1. The monoisotopic (exact) mass is 473 g/mol. The summed E-state index contributed by atoms with van der Waals surface area (Å²) in [6, 6.07) is 13.1. The predicted octanol–water partition coefficient (Wildman–Crippen LogP) is 5.35. The normalized spacial score (nSPS) is 11.4. The number of nitrogens with zero attached hydrogens (tertiary/aromatic N) is 1. The molecule has 1 amide bonds. The highest BCUT2D eigenvalue weighted by Crippen LogP contribution is 2.32. The number of benzene rings is 2. The first kappa shape index (κ1) is 21.8. The Bertz CT molecular complexity index is 1340. The van der Waals surface area contributed by atoms with Gasteiger partial charge in [0.25, 0.3) is 5.91 Å². The van der Waals surface area contributed by atoms with Gasteiger partial charge in [0.1, 0.15) is 11.6 Å². The SMILES string of the molecule is CC(C)(Oc1ccc(Cl)c(F)c1)C(=O)Nc1cccc(-c2csc(-c3noc(=O)[nH]3)c2)c1. The van der Waals surface area contributed by atoms with Crippen LogP contribution in [0.3, 0.4) is 0 Å². The lowest BCUT2D eigenvalue weighted by Crippen LogP contribution is -2.42. The van der Waals surface area contributed by atoms with Crippen LogP contribution in [0.15, 0.2) is 63.2 Å². The summed E-state index contributed by atoms with van der Waals surface area (Å²) in [6.45, 7) is 3.17. The Kier molecular flexibility index (Phi) is 5.86. The third-order valence-corrected chi connectivity index (χ3v) is 5.78. The second-order valence-corrected chi connectivity index (χ2v) is 8.68. The van der Waals surface area contributed by atoms with Crippen molar-refractivity contribution in [1.29, 1.82) is 0 Å². The maximum atomic E-state index is 13.7. The Labute approximate surface area is 190 Å². The van der Waals surface area contributed by atoms with Gasteiger partial charge in [-0.05, 0) is 60.7 Å². The molecule has 4 rings (SSSR count). The molecular formula is C22H17ClFN3O4S. The van der Waals surface area contributed by atoms with E-state index in [1.165, 1.54) is 23.5 Å². The third-order valence-electron chi connectivity index (χ3n) is 4.54. The predicted molar refractivity (Wildman–Crippen MR) is 121 cm³/mol. The van der Waals surface area contributed by atoms with Gasteiger partial charge in [0.15, 0.2) is 11.4 Å². The van der Waals surface area contributed by atoms with Crippen LogP contribution in [0.4, 0.5) is 10.1 Å². The number of nitrogens with one attached hydrogen (secondary N) is 2. The zero-order valence-corrected chi connectivity index (χ0v) is 18.5. The van der Waals surface area contributed by atoms with Crippen molar-refractivity contribution < 1.29 is 18.4 Å². The summed E-state index contributed by atoms with van der Waals surface area (Å²) in [6.07, 6.45) is 0. The zero-order valence-electron chi connectivity index (χ0n) is 16.9. The lowest BCUT2D eigenvalue weighted by molar-refractivity contribution is -0.128. The number of rotatable bonds is 6. The summed E-state index contributed by atoms with van der Waals surface area (Å²) in [7, 11) is 0. The number of thiophene rings is 1. The first-order valence-corrected chi connectivity index (χ1v) is 10.7. The lowest BCUT2D eigenvalue weighted by atomic mass is 10.1. The average molecular weight is 474 g/mol. The summed E-state index contributed by atoms with van der Waals surface area (Å²) in [5.41, 5.74) is 1.03. The van der Waals surface area contributed by atoms with Crippen LogP contribution in [0.2, 0.25) is 5.02 Å². The molecule has 2 aromatic carbocycles. The van der Waals surface area contributed by atoms with E-state index in [1.807, 2.05) is 29.6 Å². The van der Waals surface area contributed by atoms with Gasteiger partial charge in [-0.3, -0.25) is 14.3 Å². The largest absolute Gasteiger partial charge is 0.478 e. The van der Waals surface area contributed by atoms with Crippen LogP contribution >= 0.6 is 22.9 Å². The van der Waals surface area contributed by atoms with E-state index in [9.17, 15) is 14.0 Å². The molecule has 2 aromatic heterocycles. The van der Waals surface area contributed by atoms with Crippen molar-refractivity contribution in [2.45, 2.75) is 19.4 Å². The smallest absolute Gasteiger partial charge is 0.439 e.